The van der Waals surface area contributed by atoms with Crippen molar-refractivity contribution < 1.29 is 0 Å². The monoisotopic (exact) mass is 298 g/mol. The molecule has 0 bridgehead atoms. The second-order valence-electron chi connectivity index (χ2n) is 6.68. The van der Waals surface area contributed by atoms with E-state index in [4.69, 9.17) is 5.84 Å². The molecule has 128 valence electrons. The summed E-state index contributed by atoms with van der Waals surface area (Å²) in [6, 6.07) is 0.552. The van der Waals surface area contributed by atoms with Gasteiger partial charge < -0.3 is 0 Å². The van der Waals surface area contributed by atoms with Crippen LogP contribution in [0.2, 0.25) is 0 Å². The standard InChI is InChI=1S/C19H42N2/c1-3-5-7-9-10-11-12-13-14-16-18-19(21-20)17-15-8-6-4-2/h19,21H,3-18,20H2,1-2H3. The van der Waals surface area contributed by atoms with Crippen LogP contribution < -0.4 is 11.3 Å². The molecule has 0 fully saturated rings. The molecule has 2 nitrogen and oxygen atoms in total. The van der Waals surface area contributed by atoms with Gasteiger partial charge in [-0.25, -0.2) is 0 Å². The molecule has 0 amide bonds. The molecule has 0 saturated heterocycles. The maximum atomic E-state index is 5.66. The van der Waals surface area contributed by atoms with Crippen molar-refractivity contribution in [2.24, 2.45) is 5.84 Å². The normalized spacial score (nSPS) is 12.7. The van der Waals surface area contributed by atoms with Crippen molar-refractivity contribution in [3.63, 3.8) is 0 Å². The summed E-state index contributed by atoms with van der Waals surface area (Å²) in [6.07, 6.45) is 22.1. The topological polar surface area (TPSA) is 38.0 Å². The maximum absolute atomic E-state index is 5.66. The molecule has 0 heterocycles. The minimum absolute atomic E-state index is 0.552. The van der Waals surface area contributed by atoms with Crippen LogP contribution in [0.4, 0.5) is 0 Å². The van der Waals surface area contributed by atoms with Gasteiger partial charge in [0.1, 0.15) is 0 Å². The molecule has 0 spiro atoms. The van der Waals surface area contributed by atoms with Gasteiger partial charge in [-0.2, -0.15) is 0 Å². The lowest BCUT2D eigenvalue weighted by molar-refractivity contribution is 0.420. The maximum Gasteiger partial charge on any atom is 0.0210 e. The molecule has 1 atom stereocenters. The SMILES string of the molecule is CCCCCCCCCCCCC(CCCCCC)NN. The number of rotatable bonds is 17. The Morgan fingerprint density at radius 3 is 1.29 bits per heavy atom. The lowest BCUT2D eigenvalue weighted by Crippen LogP contribution is -2.34. The van der Waals surface area contributed by atoms with Gasteiger partial charge in [0, 0.05) is 6.04 Å². The molecular weight excluding hydrogens is 256 g/mol. The van der Waals surface area contributed by atoms with Gasteiger partial charge >= 0.3 is 0 Å². The van der Waals surface area contributed by atoms with E-state index < -0.39 is 0 Å². The van der Waals surface area contributed by atoms with Crippen LogP contribution in [0, 0.1) is 0 Å². The Balaban J connectivity index is 3.23. The average molecular weight is 299 g/mol. The molecule has 0 aromatic carbocycles. The zero-order valence-electron chi connectivity index (χ0n) is 15.0. The summed E-state index contributed by atoms with van der Waals surface area (Å²) in [5.74, 6) is 5.66. The molecular formula is C19H42N2. The van der Waals surface area contributed by atoms with Gasteiger partial charge in [0.05, 0.1) is 0 Å². The summed E-state index contributed by atoms with van der Waals surface area (Å²) >= 11 is 0. The van der Waals surface area contributed by atoms with Crippen LogP contribution in [-0.4, -0.2) is 6.04 Å². The second-order valence-corrected chi connectivity index (χ2v) is 6.68. The number of hydrogen-bond acceptors (Lipinski definition) is 2. The van der Waals surface area contributed by atoms with E-state index in [1.54, 1.807) is 0 Å². The van der Waals surface area contributed by atoms with Gasteiger partial charge in [-0.15, -0.1) is 0 Å². The van der Waals surface area contributed by atoms with Crippen molar-refractivity contribution in [2.75, 3.05) is 0 Å². The van der Waals surface area contributed by atoms with E-state index in [0.29, 0.717) is 6.04 Å². The molecule has 0 saturated carbocycles. The fraction of sp³-hybridized carbons (Fsp3) is 1.00. The van der Waals surface area contributed by atoms with E-state index in [1.165, 1.54) is 103 Å². The molecule has 0 aromatic heterocycles. The van der Waals surface area contributed by atoms with Gasteiger partial charge in [0.25, 0.3) is 0 Å². The van der Waals surface area contributed by atoms with Crippen LogP contribution in [0.1, 0.15) is 117 Å². The van der Waals surface area contributed by atoms with Crippen molar-refractivity contribution in [1.29, 1.82) is 0 Å². The first-order valence-corrected chi connectivity index (χ1v) is 9.81. The summed E-state index contributed by atoms with van der Waals surface area (Å²) in [6.45, 7) is 4.55. The van der Waals surface area contributed by atoms with E-state index >= 15 is 0 Å². The Kier molecular flexibility index (Phi) is 17.9. The molecule has 0 rings (SSSR count). The molecule has 0 aliphatic heterocycles. The minimum atomic E-state index is 0.552. The zero-order valence-corrected chi connectivity index (χ0v) is 15.0. The summed E-state index contributed by atoms with van der Waals surface area (Å²) < 4.78 is 0. The highest BCUT2D eigenvalue weighted by Gasteiger charge is 2.05. The minimum Gasteiger partial charge on any atom is -0.271 e. The lowest BCUT2D eigenvalue weighted by atomic mass is 10.0. The van der Waals surface area contributed by atoms with Crippen molar-refractivity contribution in [3.8, 4) is 0 Å². The Morgan fingerprint density at radius 1 is 0.571 bits per heavy atom. The highest BCUT2D eigenvalue weighted by molar-refractivity contribution is 4.64. The molecule has 0 aliphatic carbocycles. The first-order valence-electron chi connectivity index (χ1n) is 9.81. The third kappa shape index (κ3) is 16.1. The van der Waals surface area contributed by atoms with Crippen molar-refractivity contribution in [2.45, 2.75) is 123 Å². The fourth-order valence-corrected chi connectivity index (χ4v) is 3.01. The number of unbranched alkanes of at least 4 members (excludes halogenated alkanes) is 12. The zero-order chi connectivity index (χ0) is 15.6. The van der Waals surface area contributed by atoms with Crippen LogP contribution in [0.25, 0.3) is 0 Å². The largest absolute Gasteiger partial charge is 0.271 e. The van der Waals surface area contributed by atoms with Crippen LogP contribution in [0.15, 0.2) is 0 Å². The fourth-order valence-electron chi connectivity index (χ4n) is 3.01. The Morgan fingerprint density at radius 2 is 0.905 bits per heavy atom. The van der Waals surface area contributed by atoms with E-state index in [2.05, 4.69) is 19.3 Å². The van der Waals surface area contributed by atoms with E-state index in [1.807, 2.05) is 0 Å². The average Bonchev–Trinajstić information content (AvgIpc) is 2.51. The van der Waals surface area contributed by atoms with Crippen LogP contribution in [0.5, 0.6) is 0 Å². The van der Waals surface area contributed by atoms with Gasteiger partial charge in [-0.3, -0.25) is 11.3 Å². The molecule has 0 aromatic rings. The van der Waals surface area contributed by atoms with E-state index in [0.717, 1.165) is 0 Å². The predicted molar refractivity (Wildman–Crippen MR) is 96.3 cm³/mol. The predicted octanol–water partition coefficient (Wildman–Crippen LogP) is 6.10. The Hall–Kier alpha value is -0.0800. The molecule has 1 unspecified atom stereocenters. The van der Waals surface area contributed by atoms with Gasteiger partial charge in [0.2, 0.25) is 0 Å². The Bertz CT molecular complexity index is 182. The number of nitrogens with one attached hydrogen (secondary N) is 1. The molecule has 21 heavy (non-hydrogen) atoms. The number of hydrazine groups is 1. The third-order valence-electron chi connectivity index (χ3n) is 4.55. The van der Waals surface area contributed by atoms with Gasteiger partial charge in [-0.05, 0) is 12.8 Å². The summed E-state index contributed by atoms with van der Waals surface area (Å²) in [7, 11) is 0. The van der Waals surface area contributed by atoms with Crippen LogP contribution in [-0.2, 0) is 0 Å². The number of nitrogens with two attached hydrogens (primary N) is 1. The smallest absolute Gasteiger partial charge is 0.0210 e. The molecule has 0 aliphatic rings. The van der Waals surface area contributed by atoms with Crippen LogP contribution >= 0.6 is 0 Å². The van der Waals surface area contributed by atoms with Gasteiger partial charge in [-0.1, -0.05) is 104 Å². The first-order chi connectivity index (χ1) is 10.3. The van der Waals surface area contributed by atoms with Crippen molar-refractivity contribution in [1.82, 2.24) is 5.43 Å². The summed E-state index contributed by atoms with van der Waals surface area (Å²) in [5.41, 5.74) is 3.01. The highest BCUT2D eigenvalue weighted by atomic mass is 15.2. The van der Waals surface area contributed by atoms with Crippen molar-refractivity contribution >= 4 is 0 Å². The molecule has 0 radical (unpaired) electrons. The van der Waals surface area contributed by atoms with E-state index in [9.17, 15) is 0 Å². The second kappa shape index (κ2) is 18.0. The Labute approximate surface area is 134 Å². The van der Waals surface area contributed by atoms with Crippen molar-refractivity contribution in [3.05, 3.63) is 0 Å². The summed E-state index contributed by atoms with van der Waals surface area (Å²) in [5, 5.41) is 0. The van der Waals surface area contributed by atoms with Crippen LogP contribution in [0.3, 0.4) is 0 Å². The third-order valence-corrected chi connectivity index (χ3v) is 4.55. The first kappa shape index (κ1) is 20.9. The highest BCUT2D eigenvalue weighted by Crippen LogP contribution is 2.14. The quantitative estimate of drug-likeness (QED) is 0.193. The molecule has 3 N–H and O–H groups in total. The lowest BCUT2D eigenvalue weighted by Gasteiger charge is -2.15. The van der Waals surface area contributed by atoms with Gasteiger partial charge in [0.15, 0.2) is 0 Å². The van der Waals surface area contributed by atoms with E-state index in [-0.39, 0.29) is 0 Å². The molecule has 2 heteroatoms. The number of hydrogen-bond donors (Lipinski definition) is 2. The summed E-state index contributed by atoms with van der Waals surface area (Å²) in [4.78, 5) is 0.